The zero-order valence-electron chi connectivity index (χ0n) is 22.3. The van der Waals surface area contributed by atoms with Crippen LogP contribution in [0.4, 0.5) is 0 Å². The number of rotatable bonds is 4. The maximum atomic E-state index is 6.70. The molecule has 0 atom stereocenters. The van der Waals surface area contributed by atoms with Gasteiger partial charge < -0.3 is 4.42 Å². The van der Waals surface area contributed by atoms with Gasteiger partial charge in [0.25, 0.3) is 0 Å². The summed E-state index contributed by atoms with van der Waals surface area (Å²) in [4.78, 5) is 15.0. The molecule has 0 unspecified atom stereocenters. The summed E-state index contributed by atoms with van der Waals surface area (Å²) in [5.74, 6) is 1.70. The molecule has 0 saturated carbocycles. The third-order valence-electron chi connectivity index (χ3n) is 7.61. The van der Waals surface area contributed by atoms with Crippen LogP contribution in [0.3, 0.4) is 0 Å². The van der Waals surface area contributed by atoms with Gasteiger partial charge in [-0.15, -0.1) is 0 Å². The molecule has 5 heteroatoms. The van der Waals surface area contributed by atoms with Crippen molar-refractivity contribution in [1.29, 1.82) is 0 Å². The molecule has 42 heavy (non-hydrogen) atoms. The fraction of sp³-hybridized carbons (Fsp3) is 0. The molecule has 8 rings (SSSR count). The Morgan fingerprint density at radius 3 is 1.93 bits per heavy atom. The van der Waals surface area contributed by atoms with Gasteiger partial charge in [0.05, 0.1) is 10.6 Å². The van der Waals surface area contributed by atoms with Crippen LogP contribution in [-0.4, -0.2) is 15.0 Å². The summed E-state index contributed by atoms with van der Waals surface area (Å²) in [6.45, 7) is 0. The molecule has 2 heterocycles. The predicted molar refractivity (Wildman–Crippen MR) is 171 cm³/mol. The van der Waals surface area contributed by atoms with Gasteiger partial charge in [-0.25, -0.2) is 15.0 Å². The van der Waals surface area contributed by atoms with Gasteiger partial charge in [0, 0.05) is 21.9 Å². The summed E-state index contributed by atoms with van der Waals surface area (Å²) >= 11 is 6.70. The van der Waals surface area contributed by atoms with Crippen molar-refractivity contribution in [2.45, 2.75) is 0 Å². The van der Waals surface area contributed by atoms with E-state index in [4.69, 9.17) is 31.0 Å². The average molecular weight is 560 g/mol. The largest absolute Gasteiger partial charge is 0.455 e. The molecule has 0 fully saturated rings. The monoisotopic (exact) mass is 559 g/mol. The smallest absolute Gasteiger partial charge is 0.167 e. The van der Waals surface area contributed by atoms with Crippen LogP contribution in [0.5, 0.6) is 0 Å². The topological polar surface area (TPSA) is 51.8 Å². The Bertz CT molecular complexity index is 2260. The second kappa shape index (κ2) is 9.95. The van der Waals surface area contributed by atoms with Gasteiger partial charge in [0.15, 0.2) is 17.5 Å². The minimum absolute atomic E-state index is 0.524. The van der Waals surface area contributed by atoms with Gasteiger partial charge in [-0.05, 0) is 46.2 Å². The molecule has 0 aliphatic heterocycles. The number of nitrogens with zero attached hydrogens (tertiary/aromatic N) is 3. The zero-order chi connectivity index (χ0) is 28.0. The van der Waals surface area contributed by atoms with Crippen LogP contribution in [-0.2, 0) is 0 Å². The number of hydrogen-bond donors (Lipinski definition) is 0. The van der Waals surface area contributed by atoms with E-state index in [1.807, 2.05) is 66.7 Å². The van der Waals surface area contributed by atoms with Crippen LogP contribution >= 0.6 is 11.6 Å². The molecule has 0 aliphatic carbocycles. The minimum Gasteiger partial charge on any atom is -0.455 e. The highest BCUT2D eigenvalue weighted by Crippen LogP contribution is 2.39. The Morgan fingerprint density at radius 2 is 1.10 bits per heavy atom. The number of halogens is 1. The number of para-hydroxylation sites is 1. The van der Waals surface area contributed by atoms with Crippen LogP contribution in [0.2, 0.25) is 5.02 Å². The lowest BCUT2D eigenvalue weighted by molar-refractivity contribution is 0.669. The maximum Gasteiger partial charge on any atom is 0.167 e. The van der Waals surface area contributed by atoms with E-state index in [-0.39, 0.29) is 0 Å². The van der Waals surface area contributed by atoms with Crippen molar-refractivity contribution in [2.75, 3.05) is 0 Å². The van der Waals surface area contributed by atoms with Crippen LogP contribution in [0.25, 0.3) is 78.0 Å². The van der Waals surface area contributed by atoms with Crippen molar-refractivity contribution in [3.63, 3.8) is 0 Å². The van der Waals surface area contributed by atoms with Crippen molar-refractivity contribution in [1.82, 2.24) is 15.0 Å². The van der Waals surface area contributed by atoms with Crippen molar-refractivity contribution in [3.8, 4) is 45.3 Å². The fourth-order valence-corrected chi connectivity index (χ4v) is 5.74. The molecule has 8 aromatic rings. The van der Waals surface area contributed by atoms with E-state index in [0.717, 1.165) is 54.9 Å². The number of benzene rings is 6. The molecule has 0 radical (unpaired) electrons. The molecule has 0 spiro atoms. The van der Waals surface area contributed by atoms with Crippen molar-refractivity contribution < 1.29 is 4.42 Å². The van der Waals surface area contributed by atoms with Gasteiger partial charge in [-0.1, -0.05) is 121 Å². The molecule has 0 N–H and O–H groups in total. The summed E-state index contributed by atoms with van der Waals surface area (Å²) in [5.41, 5.74) is 6.28. The minimum atomic E-state index is 0.524. The first-order valence-corrected chi connectivity index (χ1v) is 14.1. The standard InChI is InChI=1S/C37H22ClN3O/c38-31-21-20-30(34-33(31)29-12-6-7-13-32(29)42-34)37-40-35(26-17-14-25(15-18-26)23-8-2-1-3-9-23)39-36(41-37)28-19-16-24-10-4-5-11-27(24)22-28/h1-22H. The summed E-state index contributed by atoms with van der Waals surface area (Å²) in [7, 11) is 0. The van der Waals surface area contributed by atoms with Crippen LogP contribution < -0.4 is 0 Å². The van der Waals surface area contributed by atoms with E-state index in [1.165, 1.54) is 0 Å². The van der Waals surface area contributed by atoms with E-state index < -0.39 is 0 Å². The molecule has 0 aliphatic rings. The number of furan rings is 1. The van der Waals surface area contributed by atoms with Crippen LogP contribution in [0, 0.1) is 0 Å². The lowest BCUT2D eigenvalue weighted by Crippen LogP contribution is -2.00. The molecule has 4 nitrogen and oxygen atoms in total. The Labute approximate surface area is 246 Å². The Kier molecular flexibility index (Phi) is 5.80. The lowest BCUT2D eigenvalue weighted by Gasteiger charge is -2.10. The third-order valence-corrected chi connectivity index (χ3v) is 7.92. The average Bonchev–Trinajstić information content (AvgIpc) is 3.45. The fourth-order valence-electron chi connectivity index (χ4n) is 5.49. The van der Waals surface area contributed by atoms with E-state index in [1.54, 1.807) is 0 Å². The summed E-state index contributed by atoms with van der Waals surface area (Å²) in [6.07, 6.45) is 0. The quantitative estimate of drug-likeness (QED) is 0.215. The number of fused-ring (bicyclic) bond motifs is 4. The first kappa shape index (κ1) is 24.5. The van der Waals surface area contributed by atoms with Gasteiger partial charge in [-0.3, -0.25) is 0 Å². The van der Waals surface area contributed by atoms with Gasteiger partial charge in [0.1, 0.15) is 11.2 Å². The van der Waals surface area contributed by atoms with E-state index in [2.05, 4.69) is 66.7 Å². The molecule has 0 amide bonds. The van der Waals surface area contributed by atoms with Crippen LogP contribution in [0.15, 0.2) is 138 Å². The third kappa shape index (κ3) is 4.21. The van der Waals surface area contributed by atoms with Gasteiger partial charge in [-0.2, -0.15) is 0 Å². The maximum absolute atomic E-state index is 6.70. The molecule has 6 aromatic carbocycles. The predicted octanol–water partition coefficient (Wildman–Crippen LogP) is 10.2. The summed E-state index contributed by atoms with van der Waals surface area (Å²) < 4.78 is 6.35. The van der Waals surface area contributed by atoms with Gasteiger partial charge in [0.2, 0.25) is 0 Å². The number of hydrogen-bond acceptors (Lipinski definition) is 4. The van der Waals surface area contributed by atoms with Crippen molar-refractivity contribution in [3.05, 3.63) is 138 Å². The van der Waals surface area contributed by atoms with E-state index >= 15 is 0 Å². The Hall–Kier alpha value is -5.32. The lowest BCUT2D eigenvalue weighted by atomic mass is 10.0. The van der Waals surface area contributed by atoms with Crippen molar-refractivity contribution in [2.24, 2.45) is 0 Å². The summed E-state index contributed by atoms with van der Waals surface area (Å²) in [6, 6.07) is 44.9. The van der Waals surface area contributed by atoms with E-state index in [0.29, 0.717) is 28.1 Å². The molecule has 0 bridgehead atoms. The number of aromatic nitrogens is 3. The van der Waals surface area contributed by atoms with E-state index in [9.17, 15) is 0 Å². The zero-order valence-corrected chi connectivity index (χ0v) is 23.1. The Balaban J connectivity index is 1.34. The second-order valence-electron chi connectivity index (χ2n) is 10.2. The molecular formula is C37H22ClN3O. The molecular weight excluding hydrogens is 538 g/mol. The van der Waals surface area contributed by atoms with Crippen LogP contribution in [0.1, 0.15) is 0 Å². The van der Waals surface area contributed by atoms with Crippen molar-refractivity contribution >= 4 is 44.3 Å². The molecule has 198 valence electrons. The first-order valence-electron chi connectivity index (χ1n) is 13.7. The first-order chi connectivity index (χ1) is 20.7. The SMILES string of the molecule is Clc1ccc(-c2nc(-c3ccc(-c4ccccc4)cc3)nc(-c3ccc4ccccc4c3)n2)c2oc3ccccc3c12. The highest BCUT2D eigenvalue weighted by molar-refractivity contribution is 6.38. The second-order valence-corrected chi connectivity index (χ2v) is 10.6. The molecule has 2 aromatic heterocycles. The molecule has 0 saturated heterocycles. The van der Waals surface area contributed by atoms with Gasteiger partial charge >= 0.3 is 0 Å². The highest BCUT2D eigenvalue weighted by Gasteiger charge is 2.19. The summed E-state index contributed by atoms with van der Waals surface area (Å²) in [5, 5.41) is 4.72. The highest BCUT2D eigenvalue weighted by atomic mass is 35.5. The normalized spacial score (nSPS) is 11.5. The Morgan fingerprint density at radius 1 is 0.476 bits per heavy atom.